The van der Waals surface area contributed by atoms with E-state index >= 15 is 0 Å². The molecular formula is C22H36O3. The highest BCUT2D eigenvalue weighted by molar-refractivity contribution is 5.50. The van der Waals surface area contributed by atoms with E-state index < -0.39 is 0 Å². The van der Waals surface area contributed by atoms with Crippen molar-refractivity contribution in [3.05, 3.63) is 29.8 Å². The minimum absolute atomic E-state index is 0.0455. The van der Waals surface area contributed by atoms with Crippen molar-refractivity contribution in [3.63, 3.8) is 0 Å². The van der Waals surface area contributed by atoms with Crippen LogP contribution in [0.25, 0.3) is 0 Å². The molecule has 0 bridgehead atoms. The molecule has 1 atom stereocenters. The lowest BCUT2D eigenvalue weighted by Crippen LogP contribution is -2.13. The van der Waals surface area contributed by atoms with Gasteiger partial charge in [-0.3, -0.25) is 0 Å². The van der Waals surface area contributed by atoms with Gasteiger partial charge in [0, 0.05) is 6.42 Å². The first-order chi connectivity index (χ1) is 12.3. The third-order valence-electron chi connectivity index (χ3n) is 4.63. The average molecular weight is 349 g/mol. The standard InChI is InChI=1S/C22H36O3/c1-3-4-5-6-7-8-9-10-11-12-22(17-18-23)25-19-20-13-15-21(24-2)16-14-20/h13-16,18,22H,3-12,17,19H2,1-2H3. The first-order valence-corrected chi connectivity index (χ1v) is 9.98. The molecule has 0 saturated heterocycles. The molecular weight excluding hydrogens is 312 g/mol. The van der Waals surface area contributed by atoms with Crippen LogP contribution in [0.15, 0.2) is 24.3 Å². The minimum atomic E-state index is 0.0455. The summed E-state index contributed by atoms with van der Waals surface area (Å²) in [5, 5.41) is 0. The summed E-state index contributed by atoms with van der Waals surface area (Å²) in [6, 6.07) is 7.90. The normalized spacial score (nSPS) is 12.1. The van der Waals surface area contributed by atoms with Gasteiger partial charge in [-0.05, 0) is 24.1 Å². The molecule has 1 rings (SSSR count). The highest BCUT2D eigenvalue weighted by Gasteiger charge is 2.09. The number of hydrogen-bond acceptors (Lipinski definition) is 3. The molecule has 0 N–H and O–H groups in total. The number of unbranched alkanes of at least 4 members (excludes halogenated alkanes) is 8. The van der Waals surface area contributed by atoms with Gasteiger partial charge in [0.1, 0.15) is 12.0 Å². The predicted octanol–water partition coefficient (Wildman–Crippen LogP) is 6.09. The largest absolute Gasteiger partial charge is 0.497 e. The van der Waals surface area contributed by atoms with E-state index in [1.807, 2.05) is 24.3 Å². The molecule has 3 heteroatoms. The molecule has 1 aromatic rings. The molecule has 142 valence electrons. The van der Waals surface area contributed by atoms with E-state index in [9.17, 15) is 4.79 Å². The van der Waals surface area contributed by atoms with Crippen LogP contribution < -0.4 is 4.74 Å². The number of hydrogen-bond donors (Lipinski definition) is 0. The summed E-state index contributed by atoms with van der Waals surface area (Å²) in [5.41, 5.74) is 1.11. The summed E-state index contributed by atoms with van der Waals surface area (Å²) in [7, 11) is 1.66. The van der Waals surface area contributed by atoms with Gasteiger partial charge in [-0.1, -0.05) is 76.8 Å². The van der Waals surface area contributed by atoms with Crippen molar-refractivity contribution in [1.29, 1.82) is 0 Å². The van der Waals surface area contributed by atoms with Crippen LogP contribution in [0.5, 0.6) is 5.75 Å². The van der Waals surface area contributed by atoms with E-state index in [2.05, 4.69) is 6.92 Å². The maximum atomic E-state index is 10.9. The van der Waals surface area contributed by atoms with E-state index in [4.69, 9.17) is 9.47 Å². The van der Waals surface area contributed by atoms with Gasteiger partial charge in [0.25, 0.3) is 0 Å². The second-order valence-corrected chi connectivity index (χ2v) is 6.80. The molecule has 25 heavy (non-hydrogen) atoms. The number of carbonyl (C=O) groups excluding carboxylic acids is 1. The zero-order valence-corrected chi connectivity index (χ0v) is 16.2. The Morgan fingerprint density at radius 2 is 1.52 bits per heavy atom. The Balaban J connectivity index is 2.13. The van der Waals surface area contributed by atoms with Crippen LogP contribution in [-0.4, -0.2) is 19.5 Å². The Labute approximate surface area is 154 Å². The molecule has 0 heterocycles. The first kappa shape index (κ1) is 21.7. The quantitative estimate of drug-likeness (QED) is 0.268. The van der Waals surface area contributed by atoms with Gasteiger partial charge in [-0.15, -0.1) is 0 Å². The fraction of sp³-hybridized carbons (Fsp3) is 0.682. The van der Waals surface area contributed by atoms with Crippen LogP contribution >= 0.6 is 0 Å². The van der Waals surface area contributed by atoms with Gasteiger partial charge in [0.05, 0.1) is 19.8 Å². The maximum absolute atomic E-state index is 10.9. The third kappa shape index (κ3) is 11.0. The highest BCUT2D eigenvalue weighted by Crippen LogP contribution is 2.16. The number of rotatable bonds is 16. The second-order valence-electron chi connectivity index (χ2n) is 6.80. The first-order valence-electron chi connectivity index (χ1n) is 9.98. The molecule has 0 spiro atoms. The molecule has 0 amide bonds. The molecule has 0 saturated carbocycles. The van der Waals surface area contributed by atoms with E-state index in [-0.39, 0.29) is 6.10 Å². The zero-order valence-electron chi connectivity index (χ0n) is 16.2. The summed E-state index contributed by atoms with van der Waals surface area (Å²) in [6.45, 7) is 2.81. The van der Waals surface area contributed by atoms with Crippen molar-refractivity contribution >= 4 is 6.29 Å². The molecule has 0 aromatic heterocycles. The summed E-state index contributed by atoms with van der Waals surface area (Å²) in [4.78, 5) is 10.9. The zero-order chi connectivity index (χ0) is 18.2. The van der Waals surface area contributed by atoms with Crippen LogP contribution in [0, 0.1) is 0 Å². The van der Waals surface area contributed by atoms with E-state index in [0.717, 1.165) is 30.4 Å². The maximum Gasteiger partial charge on any atom is 0.122 e. The molecule has 1 unspecified atom stereocenters. The molecule has 1 aromatic carbocycles. The van der Waals surface area contributed by atoms with Crippen LogP contribution in [0.2, 0.25) is 0 Å². The fourth-order valence-corrected chi connectivity index (χ4v) is 3.00. The third-order valence-corrected chi connectivity index (χ3v) is 4.63. The van der Waals surface area contributed by atoms with Gasteiger partial charge in [0.2, 0.25) is 0 Å². The molecule has 0 radical (unpaired) electrons. The van der Waals surface area contributed by atoms with Crippen molar-refractivity contribution < 1.29 is 14.3 Å². The molecule has 0 aliphatic rings. The molecule has 0 fully saturated rings. The highest BCUT2D eigenvalue weighted by atomic mass is 16.5. The monoisotopic (exact) mass is 348 g/mol. The summed E-state index contributed by atoms with van der Waals surface area (Å²) in [6.07, 6.45) is 14.4. The van der Waals surface area contributed by atoms with Crippen molar-refractivity contribution in [2.45, 2.75) is 90.3 Å². The predicted molar refractivity (Wildman–Crippen MR) is 104 cm³/mol. The van der Waals surface area contributed by atoms with Crippen LogP contribution in [-0.2, 0) is 16.1 Å². The Kier molecular flexibility index (Phi) is 13.0. The van der Waals surface area contributed by atoms with Gasteiger partial charge in [-0.25, -0.2) is 0 Å². The summed E-state index contributed by atoms with van der Waals surface area (Å²) in [5.74, 6) is 0.850. The Hall–Kier alpha value is -1.35. The molecule has 0 aliphatic carbocycles. The fourth-order valence-electron chi connectivity index (χ4n) is 3.00. The van der Waals surface area contributed by atoms with Gasteiger partial charge in [0.15, 0.2) is 0 Å². The Morgan fingerprint density at radius 3 is 2.08 bits per heavy atom. The number of methoxy groups -OCH3 is 1. The lowest BCUT2D eigenvalue weighted by atomic mass is 10.0. The summed E-state index contributed by atoms with van der Waals surface area (Å²) >= 11 is 0. The molecule has 0 aliphatic heterocycles. The van der Waals surface area contributed by atoms with E-state index in [1.54, 1.807) is 7.11 Å². The van der Waals surface area contributed by atoms with E-state index in [1.165, 1.54) is 51.4 Å². The topological polar surface area (TPSA) is 35.5 Å². The number of benzene rings is 1. The number of carbonyl (C=O) groups is 1. The summed E-state index contributed by atoms with van der Waals surface area (Å²) < 4.78 is 11.1. The van der Waals surface area contributed by atoms with Crippen molar-refractivity contribution in [3.8, 4) is 5.75 Å². The minimum Gasteiger partial charge on any atom is -0.497 e. The van der Waals surface area contributed by atoms with Crippen molar-refractivity contribution in [2.24, 2.45) is 0 Å². The number of aldehydes is 1. The van der Waals surface area contributed by atoms with E-state index in [0.29, 0.717) is 13.0 Å². The average Bonchev–Trinajstić information content (AvgIpc) is 2.65. The Bertz CT molecular complexity index is 427. The second kappa shape index (κ2) is 14.9. The van der Waals surface area contributed by atoms with Gasteiger partial charge >= 0.3 is 0 Å². The van der Waals surface area contributed by atoms with Gasteiger partial charge in [-0.2, -0.15) is 0 Å². The van der Waals surface area contributed by atoms with Gasteiger partial charge < -0.3 is 14.3 Å². The SMILES string of the molecule is CCCCCCCCCCCC(CC=O)OCc1ccc(OC)cc1. The van der Waals surface area contributed by atoms with Crippen LogP contribution in [0.1, 0.15) is 83.1 Å². The Morgan fingerprint density at radius 1 is 0.920 bits per heavy atom. The van der Waals surface area contributed by atoms with Crippen molar-refractivity contribution in [2.75, 3.05) is 7.11 Å². The van der Waals surface area contributed by atoms with Crippen LogP contribution in [0.3, 0.4) is 0 Å². The van der Waals surface area contributed by atoms with Crippen molar-refractivity contribution in [1.82, 2.24) is 0 Å². The number of ether oxygens (including phenoxy) is 2. The van der Waals surface area contributed by atoms with Crippen LogP contribution in [0.4, 0.5) is 0 Å². The lowest BCUT2D eigenvalue weighted by molar-refractivity contribution is -0.110. The molecule has 3 nitrogen and oxygen atoms in total. The smallest absolute Gasteiger partial charge is 0.122 e. The lowest BCUT2D eigenvalue weighted by Gasteiger charge is -2.16.